The van der Waals surface area contributed by atoms with Gasteiger partial charge in [-0.2, -0.15) is 5.10 Å². The molecule has 0 radical (unpaired) electrons. The maximum absolute atomic E-state index is 6.18. The molecule has 1 heterocycles. The van der Waals surface area contributed by atoms with E-state index in [2.05, 4.69) is 17.3 Å². The normalized spacial score (nSPS) is 20.5. The summed E-state index contributed by atoms with van der Waals surface area (Å²) < 4.78 is 1.79. The maximum atomic E-state index is 6.18. The smallest absolute Gasteiger partial charge is 0.148 e. The van der Waals surface area contributed by atoms with Crippen LogP contribution in [-0.2, 0) is 7.05 Å². The number of aryl methyl sites for hydroxylation is 1. The lowest BCUT2D eigenvalue weighted by Crippen LogP contribution is -2.45. The van der Waals surface area contributed by atoms with Crippen LogP contribution < -0.4 is 11.1 Å². The molecule has 14 heavy (non-hydrogen) atoms. The van der Waals surface area contributed by atoms with Gasteiger partial charge in [-0.25, -0.2) is 0 Å². The van der Waals surface area contributed by atoms with Crippen molar-refractivity contribution in [1.29, 1.82) is 0 Å². The summed E-state index contributed by atoms with van der Waals surface area (Å²) in [6, 6.07) is 1.96. The molecule has 3 N–H and O–H groups in total. The third-order valence-corrected chi connectivity index (χ3v) is 2.87. The van der Waals surface area contributed by atoms with Gasteiger partial charge in [0, 0.05) is 31.4 Å². The van der Waals surface area contributed by atoms with Gasteiger partial charge < -0.3 is 11.1 Å². The molecule has 4 heteroatoms. The van der Waals surface area contributed by atoms with Gasteiger partial charge in [0.25, 0.3) is 0 Å². The minimum Gasteiger partial charge on any atom is -0.367 e. The number of hydrogen-bond donors (Lipinski definition) is 2. The number of rotatable bonds is 4. The van der Waals surface area contributed by atoms with Crippen LogP contribution >= 0.6 is 0 Å². The van der Waals surface area contributed by atoms with Crippen molar-refractivity contribution >= 4 is 5.82 Å². The molecule has 1 fully saturated rings. The Hall–Kier alpha value is -1.03. The second-order valence-electron chi connectivity index (χ2n) is 4.51. The Morgan fingerprint density at radius 3 is 2.93 bits per heavy atom. The third-order valence-electron chi connectivity index (χ3n) is 2.87. The van der Waals surface area contributed by atoms with Crippen molar-refractivity contribution in [2.24, 2.45) is 18.7 Å². The number of nitrogens with two attached hydrogens (primary N) is 1. The molecule has 0 bridgehead atoms. The first-order chi connectivity index (χ1) is 6.58. The number of nitrogens with one attached hydrogen (secondary N) is 1. The molecule has 1 aliphatic rings. The van der Waals surface area contributed by atoms with E-state index in [1.807, 2.05) is 19.3 Å². The Morgan fingerprint density at radius 1 is 1.71 bits per heavy atom. The lowest BCUT2D eigenvalue weighted by molar-refractivity contribution is 0.431. The van der Waals surface area contributed by atoms with Gasteiger partial charge in [-0.3, -0.25) is 4.68 Å². The van der Waals surface area contributed by atoms with Gasteiger partial charge in [0.05, 0.1) is 0 Å². The van der Waals surface area contributed by atoms with E-state index in [4.69, 9.17) is 5.73 Å². The molecule has 0 aliphatic heterocycles. The first-order valence-corrected chi connectivity index (χ1v) is 5.10. The fourth-order valence-corrected chi connectivity index (χ4v) is 1.68. The van der Waals surface area contributed by atoms with Gasteiger partial charge in [0.1, 0.15) is 5.82 Å². The molecule has 4 nitrogen and oxygen atoms in total. The molecule has 1 saturated carbocycles. The molecule has 78 valence electrons. The van der Waals surface area contributed by atoms with Gasteiger partial charge >= 0.3 is 0 Å². The third kappa shape index (κ3) is 2.07. The topological polar surface area (TPSA) is 55.9 Å². The predicted molar refractivity (Wildman–Crippen MR) is 57.0 cm³/mol. The molecule has 0 spiro atoms. The van der Waals surface area contributed by atoms with Crippen molar-refractivity contribution in [1.82, 2.24) is 9.78 Å². The highest BCUT2D eigenvalue weighted by Gasteiger charge is 2.38. The Balaban J connectivity index is 1.87. The van der Waals surface area contributed by atoms with E-state index in [1.165, 1.54) is 12.8 Å². The van der Waals surface area contributed by atoms with Gasteiger partial charge in [-0.1, -0.05) is 0 Å². The number of hydrogen-bond acceptors (Lipinski definition) is 3. The maximum Gasteiger partial charge on any atom is 0.148 e. The summed E-state index contributed by atoms with van der Waals surface area (Å²) in [7, 11) is 1.91. The zero-order chi connectivity index (χ0) is 10.2. The van der Waals surface area contributed by atoms with Crippen LogP contribution in [0.1, 0.15) is 19.8 Å². The van der Waals surface area contributed by atoms with E-state index in [1.54, 1.807) is 4.68 Å². The van der Waals surface area contributed by atoms with Crippen LogP contribution in [0.2, 0.25) is 0 Å². The average Bonchev–Trinajstić information content (AvgIpc) is 2.89. The van der Waals surface area contributed by atoms with Crippen LogP contribution in [0.5, 0.6) is 0 Å². The van der Waals surface area contributed by atoms with Crippen molar-refractivity contribution in [3.8, 4) is 0 Å². The summed E-state index contributed by atoms with van der Waals surface area (Å²) in [6.07, 6.45) is 4.47. The fourth-order valence-electron chi connectivity index (χ4n) is 1.68. The van der Waals surface area contributed by atoms with Crippen molar-refractivity contribution in [2.45, 2.75) is 25.3 Å². The summed E-state index contributed by atoms with van der Waals surface area (Å²) in [4.78, 5) is 0. The lowest BCUT2D eigenvalue weighted by atomic mass is 9.97. The SMILES string of the molecule is Cn1ccc(NCC(C)(N)C2CC2)n1. The zero-order valence-electron chi connectivity index (χ0n) is 8.83. The van der Waals surface area contributed by atoms with E-state index in [0.717, 1.165) is 12.4 Å². The molecular formula is C10H18N4. The summed E-state index contributed by atoms with van der Waals surface area (Å²) in [5.41, 5.74) is 6.09. The monoisotopic (exact) mass is 194 g/mol. The Kier molecular flexibility index (Phi) is 2.23. The molecule has 1 atom stereocenters. The molecule has 1 aliphatic carbocycles. The average molecular weight is 194 g/mol. The highest BCUT2D eigenvalue weighted by atomic mass is 15.3. The zero-order valence-corrected chi connectivity index (χ0v) is 8.83. The Morgan fingerprint density at radius 2 is 2.43 bits per heavy atom. The molecule has 0 amide bonds. The molecule has 1 aromatic rings. The molecular weight excluding hydrogens is 176 g/mol. The van der Waals surface area contributed by atoms with Gasteiger partial charge in [0.15, 0.2) is 0 Å². The Bertz CT molecular complexity index is 312. The van der Waals surface area contributed by atoms with Crippen LogP contribution in [0.4, 0.5) is 5.82 Å². The number of nitrogens with zero attached hydrogens (tertiary/aromatic N) is 2. The van der Waals surface area contributed by atoms with E-state index >= 15 is 0 Å². The lowest BCUT2D eigenvalue weighted by Gasteiger charge is -2.24. The van der Waals surface area contributed by atoms with Gasteiger partial charge in [-0.05, 0) is 25.7 Å². The van der Waals surface area contributed by atoms with E-state index in [-0.39, 0.29) is 5.54 Å². The number of aromatic nitrogens is 2. The van der Waals surface area contributed by atoms with E-state index in [0.29, 0.717) is 5.92 Å². The van der Waals surface area contributed by atoms with Gasteiger partial charge in [0.2, 0.25) is 0 Å². The van der Waals surface area contributed by atoms with E-state index in [9.17, 15) is 0 Å². The molecule has 0 saturated heterocycles. The second-order valence-corrected chi connectivity index (χ2v) is 4.51. The van der Waals surface area contributed by atoms with Crippen LogP contribution in [0.25, 0.3) is 0 Å². The largest absolute Gasteiger partial charge is 0.367 e. The van der Waals surface area contributed by atoms with E-state index < -0.39 is 0 Å². The van der Waals surface area contributed by atoms with Crippen LogP contribution in [0.3, 0.4) is 0 Å². The van der Waals surface area contributed by atoms with Crippen molar-refractivity contribution < 1.29 is 0 Å². The second kappa shape index (κ2) is 3.28. The van der Waals surface area contributed by atoms with Crippen LogP contribution in [0.15, 0.2) is 12.3 Å². The quantitative estimate of drug-likeness (QED) is 0.750. The number of anilines is 1. The fraction of sp³-hybridized carbons (Fsp3) is 0.700. The molecule has 1 unspecified atom stereocenters. The molecule has 0 aromatic carbocycles. The first kappa shape index (κ1) is 9.52. The van der Waals surface area contributed by atoms with Crippen LogP contribution in [0, 0.1) is 5.92 Å². The molecule has 1 aromatic heterocycles. The Labute approximate surface area is 84.5 Å². The van der Waals surface area contributed by atoms with Crippen molar-refractivity contribution in [3.63, 3.8) is 0 Å². The standard InChI is InChI=1S/C10H18N4/c1-10(11,8-3-4-8)7-12-9-5-6-14(2)13-9/h5-6,8H,3-4,7,11H2,1-2H3,(H,12,13). The summed E-state index contributed by atoms with van der Waals surface area (Å²) in [5, 5.41) is 7.51. The predicted octanol–water partition coefficient (Wildman–Crippen LogP) is 0.959. The van der Waals surface area contributed by atoms with Crippen LogP contribution in [-0.4, -0.2) is 21.9 Å². The highest BCUT2D eigenvalue weighted by Crippen LogP contribution is 2.37. The van der Waals surface area contributed by atoms with Gasteiger partial charge in [-0.15, -0.1) is 0 Å². The highest BCUT2D eigenvalue weighted by molar-refractivity contribution is 5.33. The molecule has 2 rings (SSSR count). The first-order valence-electron chi connectivity index (χ1n) is 5.10. The van der Waals surface area contributed by atoms with Crippen molar-refractivity contribution in [2.75, 3.05) is 11.9 Å². The summed E-state index contributed by atoms with van der Waals surface area (Å²) in [5.74, 6) is 1.60. The minimum absolute atomic E-state index is 0.0858. The van der Waals surface area contributed by atoms with Crippen molar-refractivity contribution in [3.05, 3.63) is 12.3 Å². The minimum atomic E-state index is -0.0858. The summed E-state index contributed by atoms with van der Waals surface area (Å²) >= 11 is 0. The summed E-state index contributed by atoms with van der Waals surface area (Å²) in [6.45, 7) is 2.91.